The van der Waals surface area contributed by atoms with Crippen LogP contribution >= 0.6 is 11.8 Å². The molecule has 140 valence electrons. The van der Waals surface area contributed by atoms with Crippen molar-refractivity contribution in [3.05, 3.63) is 52.8 Å². The van der Waals surface area contributed by atoms with Gasteiger partial charge < -0.3 is 19.1 Å². The zero-order valence-corrected chi connectivity index (χ0v) is 15.9. The second-order valence-electron chi connectivity index (χ2n) is 5.89. The summed E-state index contributed by atoms with van der Waals surface area (Å²) in [6, 6.07) is 11.6. The number of ether oxygens (including phenoxy) is 1. The van der Waals surface area contributed by atoms with E-state index in [0.29, 0.717) is 23.8 Å². The molecule has 3 rings (SSSR count). The van der Waals surface area contributed by atoms with Gasteiger partial charge in [-0.2, -0.15) is 0 Å². The van der Waals surface area contributed by atoms with Gasteiger partial charge in [0, 0.05) is 17.4 Å². The van der Waals surface area contributed by atoms with Gasteiger partial charge in [-0.05, 0) is 41.1 Å². The molecule has 0 fully saturated rings. The van der Waals surface area contributed by atoms with Gasteiger partial charge in [-0.1, -0.05) is 43.7 Å². The van der Waals surface area contributed by atoms with Gasteiger partial charge >= 0.3 is 0 Å². The fourth-order valence-electron chi connectivity index (χ4n) is 2.55. The van der Waals surface area contributed by atoms with Crippen molar-refractivity contribution < 1.29 is 19.1 Å². The van der Waals surface area contributed by atoms with Gasteiger partial charge in [0.1, 0.15) is 5.75 Å². The van der Waals surface area contributed by atoms with Gasteiger partial charge in [0.15, 0.2) is 0 Å². The lowest BCUT2D eigenvalue weighted by Gasteiger charge is -2.13. The average molecular weight is 383 g/mol. The molecule has 7 heteroatoms. The van der Waals surface area contributed by atoms with Crippen molar-refractivity contribution in [1.29, 1.82) is 0 Å². The highest BCUT2D eigenvalue weighted by atomic mass is 32.2. The van der Waals surface area contributed by atoms with Gasteiger partial charge in [0.2, 0.25) is 5.89 Å². The minimum atomic E-state index is -1.32. The largest absolute Gasteiger partial charge is 0.544 e. The molecule has 27 heavy (non-hydrogen) atoms. The minimum Gasteiger partial charge on any atom is -0.544 e. The van der Waals surface area contributed by atoms with Crippen LogP contribution in [-0.4, -0.2) is 22.8 Å². The molecule has 0 saturated heterocycles. The lowest BCUT2D eigenvalue weighted by Crippen LogP contribution is -2.23. The molecule has 3 aromatic rings. The number of aliphatic carboxylic acids is 1. The number of benzene rings is 2. The SMILES string of the molecule is CCCCOc1ccc2ccccc2c1/C=C(\Sc1nnc(C)o1)C(=O)[O-]. The topological polar surface area (TPSA) is 88.3 Å². The molecule has 0 amide bonds. The first-order valence-corrected chi connectivity index (χ1v) is 9.45. The Labute approximate surface area is 161 Å². The number of carboxylic acids is 1. The van der Waals surface area contributed by atoms with Crippen LogP contribution in [-0.2, 0) is 4.79 Å². The zero-order valence-electron chi connectivity index (χ0n) is 15.1. The summed E-state index contributed by atoms with van der Waals surface area (Å²) in [4.78, 5) is 11.7. The second-order valence-corrected chi connectivity index (χ2v) is 6.88. The summed E-state index contributed by atoms with van der Waals surface area (Å²) in [5, 5.41) is 21.3. The van der Waals surface area contributed by atoms with Crippen LogP contribution in [0.15, 0.2) is 50.9 Å². The molecule has 0 radical (unpaired) electrons. The standard InChI is InChI=1S/C20H20N2O4S/c1-3-4-11-25-17-10-9-14-7-5-6-8-15(14)16(17)12-18(19(23)24)27-20-22-21-13(2)26-20/h5-10,12H,3-4,11H2,1-2H3,(H,23,24)/p-1/b18-12-. The number of unbranched alkanes of at least 4 members (excludes halogenated alkanes) is 1. The Balaban J connectivity index is 2.06. The van der Waals surface area contributed by atoms with Crippen molar-refractivity contribution in [3.8, 4) is 5.75 Å². The van der Waals surface area contributed by atoms with Crippen molar-refractivity contribution >= 4 is 34.6 Å². The smallest absolute Gasteiger partial charge is 0.281 e. The average Bonchev–Trinajstić information content (AvgIpc) is 3.07. The first-order valence-electron chi connectivity index (χ1n) is 8.64. The fraction of sp³-hybridized carbons (Fsp3) is 0.250. The highest BCUT2D eigenvalue weighted by Gasteiger charge is 2.13. The summed E-state index contributed by atoms with van der Waals surface area (Å²) < 4.78 is 11.2. The molecule has 0 aliphatic carbocycles. The Morgan fingerprint density at radius 3 is 2.78 bits per heavy atom. The molecule has 2 aromatic carbocycles. The molecule has 0 unspecified atom stereocenters. The number of carboxylic acid groups (broad SMARTS) is 1. The molecule has 0 bridgehead atoms. The summed E-state index contributed by atoms with van der Waals surface area (Å²) in [5.74, 6) is -0.324. The van der Waals surface area contributed by atoms with E-state index in [1.807, 2.05) is 36.4 Å². The summed E-state index contributed by atoms with van der Waals surface area (Å²) >= 11 is 0.861. The van der Waals surface area contributed by atoms with Crippen molar-refractivity contribution in [2.24, 2.45) is 0 Å². The molecule has 0 N–H and O–H groups in total. The van der Waals surface area contributed by atoms with Gasteiger partial charge in [-0.3, -0.25) is 0 Å². The molecule has 6 nitrogen and oxygen atoms in total. The van der Waals surface area contributed by atoms with Crippen LogP contribution in [0.2, 0.25) is 0 Å². The number of fused-ring (bicyclic) bond motifs is 1. The number of hydrogen-bond donors (Lipinski definition) is 0. The van der Waals surface area contributed by atoms with E-state index in [9.17, 15) is 9.90 Å². The van der Waals surface area contributed by atoms with Gasteiger partial charge in [0.05, 0.1) is 12.6 Å². The normalized spacial score (nSPS) is 11.7. The predicted molar refractivity (Wildman–Crippen MR) is 102 cm³/mol. The van der Waals surface area contributed by atoms with E-state index in [4.69, 9.17) is 9.15 Å². The van der Waals surface area contributed by atoms with Gasteiger partial charge in [-0.25, -0.2) is 0 Å². The van der Waals surface area contributed by atoms with Crippen LogP contribution in [0.1, 0.15) is 31.2 Å². The molecule has 1 aromatic heterocycles. The molecule has 0 spiro atoms. The van der Waals surface area contributed by atoms with E-state index in [1.54, 1.807) is 13.0 Å². The fourth-order valence-corrected chi connectivity index (χ4v) is 3.24. The molecule has 1 heterocycles. The molecule has 0 aliphatic rings. The Bertz CT molecular complexity index is 981. The van der Waals surface area contributed by atoms with Crippen LogP contribution in [0.5, 0.6) is 5.75 Å². The Kier molecular flexibility index (Phi) is 6.13. The first-order chi connectivity index (χ1) is 13.1. The maximum atomic E-state index is 11.7. The lowest BCUT2D eigenvalue weighted by molar-refractivity contribution is -0.298. The van der Waals surface area contributed by atoms with Crippen molar-refractivity contribution in [2.75, 3.05) is 6.61 Å². The lowest BCUT2D eigenvalue weighted by atomic mass is 10.0. The van der Waals surface area contributed by atoms with E-state index >= 15 is 0 Å². The van der Waals surface area contributed by atoms with Crippen molar-refractivity contribution in [2.45, 2.75) is 31.9 Å². The summed E-state index contributed by atoms with van der Waals surface area (Å²) in [6.45, 7) is 4.29. The molecular weight excluding hydrogens is 364 g/mol. The van der Waals surface area contributed by atoms with E-state index < -0.39 is 5.97 Å². The maximum absolute atomic E-state index is 11.7. The van der Waals surface area contributed by atoms with Crippen LogP contribution in [0.4, 0.5) is 0 Å². The third kappa shape index (κ3) is 4.68. The number of carbonyl (C=O) groups is 1. The van der Waals surface area contributed by atoms with E-state index in [0.717, 1.165) is 35.4 Å². The highest BCUT2D eigenvalue weighted by Crippen LogP contribution is 2.34. The number of nitrogens with zero attached hydrogens (tertiary/aromatic N) is 2. The van der Waals surface area contributed by atoms with Crippen LogP contribution in [0.25, 0.3) is 16.8 Å². The van der Waals surface area contributed by atoms with Crippen LogP contribution in [0, 0.1) is 6.92 Å². The number of carbonyl (C=O) groups excluding carboxylic acids is 1. The Morgan fingerprint density at radius 1 is 1.26 bits per heavy atom. The van der Waals surface area contributed by atoms with Gasteiger partial charge in [-0.15, -0.1) is 10.2 Å². The monoisotopic (exact) mass is 383 g/mol. The first kappa shape index (κ1) is 19.0. The van der Waals surface area contributed by atoms with Gasteiger partial charge in [0.25, 0.3) is 5.22 Å². The van der Waals surface area contributed by atoms with E-state index in [-0.39, 0.29) is 10.1 Å². The van der Waals surface area contributed by atoms with E-state index in [1.165, 1.54) is 0 Å². The number of rotatable bonds is 8. The second kappa shape index (κ2) is 8.73. The van der Waals surface area contributed by atoms with E-state index in [2.05, 4.69) is 17.1 Å². The number of aromatic nitrogens is 2. The summed E-state index contributed by atoms with van der Waals surface area (Å²) in [7, 11) is 0. The quantitative estimate of drug-likeness (QED) is 0.334. The van der Waals surface area contributed by atoms with Crippen molar-refractivity contribution in [1.82, 2.24) is 10.2 Å². The summed E-state index contributed by atoms with van der Waals surface area (Å²) in [6.07, 6.45) is 3.47. The minimum absolute atomic E-state index is 0.0321. The molecule has 0 aliphatic heterocycles. The van der Waals surface area contributed by atoms with Crippen molar-refractivity contribution in [3.63, 3.8) is 0 Å². The number of hydrogen-bond acceptors (Lipinski definition) is 7. The zero-order chi connectivity index (χ0) is 19.2. The number of aryl methyl sites for hydroxylation is 1. The Morgan fingerprint density at radius 2 is 2.07 bits per heavy atom. The third-order valence-electron chi connectivity index (χ3n) is 3.87. The van der Waals surface area contributed by atoms with Crippen LogP contribution in [0.3, 0.4) is 0 Å². The number of thioether (sulfide) groups is 1. The molecular formula is C20H19N2O4S-. The maximum Gasteiger partial charge on any atom is 0.281 e. The Hall–Kier alpha value is -2.80. The molecule has 0 saturated carbocycles. The summed E-state index contributed by atoms with van der Waals surface area (Å²) in [5.41, 5.74) is 0.687. The predicted octanol–water partition coefficient (Wildman–Crippen LogP) is 3.59. The highest BCUT2D eigenvalue weighted by molar-refractivity contribution is 8.03. The molecule has 0 atom stereocenters. The van der Waals surface area contributed by atoms with Crippen LogP contribution < -0.4 is 9.84 Å². The third-order valence-corrected chi connectivity index (χ3v) is 4.71.